The molecule has 22 heavy (non-hydrogen) atoms. The SMILES string of the molecule is COc1ccc(CNC(=O)NC2CCN(C3CC3)CC2)cc1. The lowest BCUT2D eigenvalue weighted by Gasteiger charge is -2.32. The van der Waals surface area contributed by atoms with Gasteiger partial charge in [0.15, 0.2) is 0 Å². The number of hydrogen-bond donors (Lipinski definition) is 2. The number of carbonyl (C=O) groups is 1. The fraction of sp³-hybridized carbons (Fsp3) is 0.588. The molecule has 3 rings (SSSR count). The number of nitrogens with zero attached hydrogens (tertiary/aromatic N) is 1. The van der Waals surface area contributed by atoms with Gasteiger partial charge in [-0.15, -0.1) is 0 Å². The highest BCUT2D eigenvalue weighted by atomic mass is 16.5. The van der Waals surface area contributed by atoms with Crippen LogP contribution in [0.2, 0.25) is 0 Å². The van der Waals surface area contributed by atoms with E-state index in [1.165, 1.54) is 12.8 Å². The van der Waals surface area contributed by atoms with E-state index in [2.05, 4.69) is 15.5 Å². The van der Waals surface area contributed by atoms with Gasteiger partial charge in [-0.3, -0.25) is 0 Å². The maximum absolute atomic E-state index is 12.0. The number of benzene rings is 1. The molecule has 120 valence electrons. The summed E-state index contributed by atoms with van der Waals surface area (Å²) in [7, 11) is 1.65. The number of rotatable bonds is 5. The number of piperidine rings is 1. The summed E-state index contributed by atoms with van der Waals surface area (Å²) < 4.78 is 5.12. The molecule has 5 heteroatoms. The molecule has 0 radical (unpaired) electrons. The van der Waals surface area contributed by atoms with Crippen LogP contribution in [-0.4, -0.2) is 43.2 Å². The van der Waals surface area contributed by atoms with E-state index in [1.807, 2.05) is 24.3 Å². The van der Waals surface area contributed by atoms with Crippen molar-refractivity contribution in [3.8, 4) is 5.75 Å². The summed E-state index contributed by atoms with van der Waals surface area (Å²) in [4.78, 5) is 14.5. The van der Waals surface area contributed by atoms with Crippen LogP contribution in [0, 0.1) is 0 Å². The van der Waals surface area contributed by atoms with Crippen molar-refractivity contribution in [1.82, 2.24) is 15.5 Å². The van der Waals surface area contributed by atoms with Gasteiger partial charge >= 0.3 is 6.03 Å². The zero-order valence-corrected chi connectivity index (χ0v) is 13.2. The van der Waals surface area contributed by atoms with Gasteiger partial charge in [-0.25, -0.2) is 4.79 Å². The van der Waals surface area contributed by atoms with E-state index in [9.17, 15) is 4.79 Å². The summed E-state index contributed by atoms with van der Waals surface area (Å²) in [6, 6.07) is 8.82. The Balaban J connectivity index is 1.37. The smallest absolute Gasteiger partial charge is 0.315 e. The van der Waals surface area contributed by atoms with Gasteiger partial charge in [-0.05, 0) is 43.4 Å². The van der Waals surface area contributed by atoms with Crippen molar-refractivity contribution in [2.45, 2.75) is 44.3 Å². The normalized spacial score (nSPS) is 19.7. The van der Waals surface area contributed by atoms with Crippen LogP contribution in [0.5, 0.6) is 5.75 Å². The van der Waals surface area contributed by atoms with Crippen LogP contribution in [0.4, 0.5) is 4.79 Å². The third-order valence-electron chi connectivity index (χ3n) is 4.54. The van der Waals surface area contributed by atoms with Crippen molar-refractivity contribution >= 4 is 6.03 Å². The molecule has 1 heterocycles. The van der Waals surface area contributed by atoms with E-state index in [0.717, 1.165) is 43.3 Å². The van der Waals surface area contributed by atoms with E-state index >= 15 is 0 Å². The van der Waals surface area contributed by atoms with E-state index < -0.39 is 0 Å². The lowest BCUT2D eigenvalue weighted by Crippen LogP contribution is -2.48. The number of carbonyl (C=O) groups excluding carboxylic acids is 1. The largest absolute Gasteiger partial charge is 0.497 e. The van der Waals surface area contributed by atoms with Gasteiger partial charge in [0.25, 0.3) is 0 Å². The van der Waals surface area contributed by atoms with Gasteiger partial charge in [-0.2, -0.15) is 0 Å². The summed E-state index contributed by atoms with van der Waals surface area (Å²) in [5, 5.41) is 6.02. The van der Waals surface area contributed by atoms with Crippen LogP contribution < -0.4 is 15.4 Å². The van der Waals surface area contributed by atoms with E-state index in [1.54, 1.807) is 7.11 Å². The van der Waals surface area contributed by atoms with Crippen LogP contribution in [0.25, 0.3) is 0 Å². The molecule has 1 aromatic carbocycles. The van der Waals surface area contributed by atoms with Gasteiger partial charge in [0.05, 0.1) is 7.11 Å². The molecule has 1 aliphatic heterocycles. The van der Waals surface area contributed by atoms with Crippen molar-refractivity contribution in [2.24, 2.45) is 0 Å². The first-order chi connectivity index (χ1) is 10.7. The molecule has 0 bridgehead atoms. The van der Waals surface area contributed by atoms with Crippen LogP contribution in [0.1, 0.15) is 31.2 Å². The number of nitrogens with one attached hydrogen (secondary N) is 2. The van der Waals surface area contributed by atoms with Crippen molar-refractivity contribution in [1.29, 1.82) is 0 Å². The van der Waals surface area contributed by atoms with E-state index in [4.69, 9.17) is 4.74 Å². The third kappa shape index (κ3) is 4.13. The van der Waals surface area contributed by atoms with Crippen molar-refractivity contribution in [3.63, 3.8) is 0 Å². The lowest BCUT2D eigenvalue weighted by molar-refractivity contribution is 0.186. The Bertz CT molecular complexity index is 491. The summed E-state index contributed by atoms with van der Waals surface area (Å²) in [5.41, 5.74) is 1.07. The first-order valence-electron chi connectivity index (χ1n) is 8.16. The fourth-order valence-corrected chi connectivity index (χ4v) is 3.01. The molecule has 1 saturated carbocycles. The first kappa shape index (κ1) is 15.2. The Morgan fingerprint density at radius 2 is 1.86 bits per heavy atom. The number of hydrogen-bond acceptors (Lipinski definition) is 3. The molecule has 2 fully saturated rings. The van der Waals surface area contributed by atoms with Crippen LogP contribution in [0.3, 0.4) is 0 Å². The predicted octanol–water partition coefficient (Wildman–Crippen LogP) is 2.12. The average Bonchev–Trinajstić information content (AvgIpc) is 3.39. The molecule has 0 spiro atoms. The molecule has 0 unspecified atom stereocenters. The second-order valence-electron chi connectivity index (χ2n) is 6.22. The molecule has 1 saturated heterocycles. The number of ether oxygens (including phenoxy) is 1. The van der Waals surface area contributed by atoms with Crippen molar-refractivity contribution in [3.05, 3.63) is 29.8 Å². The van der Waals surface area contributed by atoms with Gasteiger partial charge in [-0.1, -0.05) is 12.1 Å². The Kier molecular flexibility index (Phi) is 4.83. The Morgan fingerprint density at radius 1 is 1.18 bits per heavy atom. The van der Waals surface area contributed by atoms with Crippen molar-refractivity contribution < 1.29 is 9.53 Å². The summed E-state index contributed by atoms with van der Waals surface area (Å²) in [6.07, 6.45) is 4.85. The summed E-state index contributed by atoms with van der Waals surface area (Å²) in [5.74, 6) is 0.829. The van der Waals surface area contributed by atoms with Crippen LogP contribution in [0.15, 0.2) is 24.3 Å². The zero-order chi connectivity index (χ0) is 15.4. The second-order valence-corrected chi connectivity index (χ2v) is 6.22. The van der Waals surface area contributed by atoms with Crippen molar-refractivity contribution in [2.75, 3.05) is 20.2 Å². The monoisotopic (exact) mass is 303 g/mol. The third-order valence-corrected chi connectivity index (χ3v) is 4.54. The zero-order valence-electron chi connectivity index (χ0n) is 13.2. The molecule has 2 N–H and O–H groups in total. The fourth-order valence-electron chi connectivity index (χ4n) is 3.01. The highest BCUT2D eigenvalue weighted by Gasteiger charge is 2.31. The van der Waals surface area contributed by atoms with Gasteiger partial charge < -0.3 is 20.3 Å². The summed E-state index contributed by atoms with van der Waals surface area (Å²) >= 11 is 0. The Labute approximate surface area is 132 Å². The molecular formula is C17H25N3O2. The van der Waals surface area contributed by atoms with Crippen LogP contribution in [-0.2, 0) is 6.54 Å². The highest BCUT2D eigenvalue weighted by Crippen LogP contribution is 2.29. The minimum atomic E-state index is -0.0688. The molecule has 2 aliphatic rings. The van der Waals surface area contributed by atoms with Gasteiger partial charge in [0.2, 0.25) is 0 Å². The van der Waals surface area contributed by atoms with E-state index in [0.29, 0.717) is 12.6 Å². The molecular weight excluding hydrogens is 278 g/mol. The second kappa shape index (κ2) is 7.01. The maximum atomic E-state index is 12.0. The highest BCUT2D eigenvalue weighted by molar-refractivity contribution is 5.74. The lowest BCUT2D eigenvalue weighted by atomic mass is 10.1. The number of likely N-dealkylation sites (tertiary alicyclic amines) is 1. The summed E-state index contributed by atoms with van der Waals surface area (Å²) in [6.45, 7) is 2.78. The molecule has 2 amide bonds. The number of urea groups is 1. The number of methoxy groups -OCH3 is 1. The quantitative estimate of drug-likeness (QED) is 0.876. The molecule has 5 nitrogen and oxygen atoms in total. The molecule has 0 atom stereocenters. The molecule has 0 aromatic heterocycles. The minimum Gasteiger partial charge on any atom is -0.497 e. The Morgan fingerprint density at radius 3 is 2.45 bits per heavy atom. The number of amides is 2. The van der Waals surface area contributed by atoms with Gasteiger partial charge in [0, 0.05) is 31.7 Å². The first-order valence-corrected chi connectivity index (χ1v) is 8.16. The standard InChI is InChI=1S/C17H25N3O2/c1-22-16-6-2-13(3-7-16)12-18-17(21)19-14-8-10-20(11-9-14)15-4-5-15/h2-3,6-7,14-15H,4-5,8-12H2,1H3,(H2,18,19,21). The van der Waals surface area contributed by atoms with E-state index in [-0.39, 0.29) is 6.03 Å². The maximum Gasteiger partial charge on any atom is 0.315 e. The Hall–Kier alpha value is -1.75. The topological polar surface area (TPSA) is 53.6 Å². The molecule has 1 aliphatic carbocycles. The van der Waals surface area contributed by atoms with Crippen LogP contribution >= 0.6 is 0 Å². The average molecular weight is 303 g/mol. The predicted molar refractivity (Wildman–Crippen MR) is 86.0 cm³/mol. The molecule has 1 aromatic rings. The van der Waals surface area contributed by atoms with Gasteiger partial charge in [0.1, 0.15) is 5.75 Å². The minimum absolute atomic E-state index is 0.0688.